The van der Waals surface area contributed by atoms with E-state index >= 15 is 0 Å². The molecule has 0 saturated heterocycles. The van der Waals surface area contributed by atoms with Gasteiger partial charge < -0.3 is 9.30 Å². The second kappa shape index (κ2) is 6.84. The molecule has 4 rings (SSSR count). The highest BCUT2D eigenvalue weighted by molar-refractivity contribution is 5.77. The molecule has 26 heavy (non-hydrogen) atoms. The van der Waals surface area contributed by atoms with Gasteiger partial charge in [0.2, 0.25) is 0 Å². The summed E-state index contributed by atoms with van der Waals surface area (Å²) in [6, 6.07) is 20.9. The van der Waals surface area contributed by atoms with E-state index in [1.165, 1.54) is 7.11 Å². The molecule has 0 unspecified atom stereocenters. The molecule has 2 aromatic carbocycles. The number of hydrogen-bond donors (Lipinski definition) is 0. The van der Waals surface area contributed by atoms with E-state index in [9.17, 15) is 4.79 Å². The van der Waals surface area contributed by atoms with Crippen LogP contribution < -0.4 is 0 Å². The number of benzene rings is 2. The number of esters is 1. The number of para-hydroxylation sites is 1. The third-order valence-corrected chi connectivity index (χ3v) is 4.41. The molecule has 0 amide bonds. The third-order valence-electron chi connectivity index (χ3n) is 4.41. The van der Waals surface area contributed by atoms with Crippen LogP contribution in [0.3, 0.4) is 0 Å². The first-order chi connectivity index (χ1) is 12.8. The van der Waals surface area contributed by atoms with E-state index < -0.39 is 6.04 Å². The minimum absolute atomic E-state index is 0.296. The molecule has 2 aromatic heterocycles. The fraction of sp³-hybridized carbons (Fsp3) is 0.150. The zero-order chi connectivity index (χ0) is 17.9. The molecule has 0 N–H and O–H groups in total. The molecule has 0 spiro atoms. The van der Waals surface area contributed by atoms with E-state index in [0.717, 1.165) is 22.4 Å². The Labute approximate surface area is 150 Å². The second-order valence-corrected chi connectivity index (χ2v) is 5.99. The standard InChI is InChI=1S/C20H18N4O2/c1-26-20(25)18(14-15-8-3-2-4-9-15)23-13-7-12-19(23)24-17-11-6-5-10-16(17)21-22-24/h2-13,18H,14H2,1H3/t18-/m0/s1. The molecule has 0 aliphatic heterocycles. The molecule has 2 heterocycles. The van der Waals surface area contributed by atoms with Gasteiger partial charge in [-0.25, -0.2) is 4.79 Å². The number of hydrogen-bond acceptors (Lipinski definition) is 4. The normalized spacial score (nSPS) is 12.2. The molecule has 0 fully saturated rings. The number of methoxy groups -OCH3 is 1. The van der Waals surface area contributed by atoms with Gasteiger partial charge in [0.15, 0.2) is 0 Å². The van der Waals surface area contributed by atoms with Gasteiger partial charge in [-0.2, -0.15) is 4.68 Å². The highest BCUT2D eigenvalue weighted by atomic mass is 16.5. The van der Waals surface area contributed by atoms with E-state index in [1.54, 1.807) is 4.68 Å². The number of carbonyl (C=O) groups is 1. The fourth-order valence-corrected chi connectivity index (χ4v) is 3.13. The van der Waals surface area contributed by atoms with Crippen LogP contribution in [0.2, 0.25) is 0 Å². The second-order valence-electron chi connectivity index (χ2n) is 5.99. The fourth-order valence-electron chi connectivity index (χ4n) is 3.13. The van der Waals surface area contributed by atoms with Crippen LogP contribution in [0.5, 0.6) is 0 Å². The number of fused-ring (bicyclic) bond motifs is 1. The van der Waals surface area contributed by atoms with Gasteiger partial charge in [0, 0.05) is 12.6 Å². The van der Waals surface area contributed by atoms with Gasteiger partial charge in [-0.1, -0.05) is 47.7 Å². The lowest BCUT2D eigenvalue weighted by molar-refractivity contribution is -0.144. The molecule has 0 aliphatic rings. The van der Waals surface area contributed by atoms with Crippen molar-refractivity contribution in [3.63, 3.8) is 0 Å². The van der Waals surface area contributed by atoms with E-state index in [1.807, 2.05) is 77.5 Å². The van der Waals surface area contributed by atoms with Crippen LogP contribution in [0, 0.1) is 0 Å². The lowest BCUT2D eigenvalue weighted by atomic mass is 10.1. The lowest BCUT2D eigenvalue weighted by Crippen LogP contribution is -2.24. The van der Waals surface area contributed by atoms with Crippen molar-refractivity contribution in [3.8, 4) is 5.82 Å². The minimum atomic E-state index is -0.490. The number of aromatic nitrogens is 4. The summed E-state index contributed by atoms with van der Waals surface area (Å²) in [6.45, 7) is 0. The summed E-state index contributed by atoms with van der Waals surface area (Å²) in [6.07, 6.45) is 2.40. The van der Waals surface area contributed by atoms with Crippen molar-refractivity contribution in [2.45, 2.75) is 12.5 Å². The maximum absolute atomic E-state index is 12.5. The Hall–Kier alpha value is -3.41. The minimum Gasteiger partial charge on any atom is -0.467 e. The van der Waals surface area contributed by atoms with Crippen molar-refractivity contribution in [2.75, 3.05) is 7.11 Å². The molecule has 0 saturated carbocycles. The van der Waals surface area contributed by atoms with E-state index in [-0.39, 0.29) is 5.97 Å². The largest absolute Gasteiger partial charge is 0.467 e. The summed E-state index contributed by atoms with van der Waals surface area (Å²) in [5, 5.41) is 8.47. The van der Waals surface area contributed by atoms with Crippen molar-refractivity contribution in [1.29, 1.82) is 0 Å². The summed E-state index contributed by atoms with van der Waals surface area (Å²) < 4.78 is 8.70. The van der Waals surface area contributed by atoms with Crippen molar-refractivity contribution in [2.24, 2.45) is 0 Å². The molecule has 0 aliphatic carbocycles. The predicted octanol–water partition coefficient (Wildman–Crippen LogP) is 3.18. The van der Waals surface area contributed by atoms with Gasteiger partial charge >= 0.3 is 5.97 Å². The first-order valence-corrected chi connectivity index (χ1v) is 8.37. The molecule has 6 nitrogen and oxygen atoms in total. The zero-order valence-electron chi connectivity index (χ0n) is 14.3. The number of rotatable bonds is 5. The van der Waals surface area contributed by atoms with Crippen LogP contribution in [0.15, 0.2) is 72.9 Å². The predicted molar refractivity (Wildman–Crippen MR) is 98.1 cm³/mol. The molecule has 130 valence electrons. The molecule has 0 radical (unpaired) electrons. The summed E-state index contributed by atoms with van der Waals surface area (Å²) in [5.74, 6) is 0.473. The molecule has 6 heteroatoms. The van der Waals surface area contributed by atoms with Crippen LogP contribution in [0.25, 0.3) is 16.9 Å². The quantitative estimate of drug-likeness (QED) is 0.521. The zero-order valence-corrected chi connectivity index (χ0v) is 14.3. The Morgan fingerprint density at radius 2 is 1.81 bits per heavy atom. The number of ether oxygens (including phenoxy) is 1. The maximum atomic E-state index is 12.5. The molecule has 1 atom stereocenters. The van der Waals surface area contributed by atoms with Crippen molar-refractivity contribution in [3.05, 3.63) is 78.5 Å². The molecular weight excluding hydrogens is 328 g/mol. The Morgan fingerprint density at radius 3 is 2.62 bits per heavy atom. The summed E-state index contributed by atoms with van der Waals surface area (Å²) in [7, 11) is 1.41. The summed E-state index contributed by atoms with van der Waals surface area (Å²) in [5.41, 5.74) is 2.75. The Bertz CT molecular complexity index is 1040. The highest BCUT2D eigenvalue weighted by Gasteiger charge is 2.24. The third kappa shape index (κ3) is 2.86. The first kappa shape index (κ1) is 16.1. The molecule has 0 bridgehead atoms. The summed E-state index contributed by atoms with van der Waals surface area (Å²) in [4.78, 5) is 12.5. The molecule has 4 aromatic rings. The average molecular weight is 346 g/mol. The highest BCUT2D eigenvalue weighted by Crippen LogP contribution is 2.23. The molecular formula is C20H18N4O2. The van der Waals surface area contributed by atoms with Gasteiger partial charge in [-0.3, -0.25) is 0 Å². The van der Waals surface area contributed by atoms with Gasteiger partial charge in [0.05, 0.1) is 12.6 Å². The Morgan fingerprint density at radius 1 is 1.04 bits per heavy atom. The van der Waals surface area contributed by atoms with Gasteiger partial charge in [0.1, 0.15) is 17.4 Å². The van der Waals surface area contributed by atoms with Crippen molar-refractivity contribution in [1.82, 2.24) is 19.6 Å². The van der Waals surface area contributed by atoms with E-state index in [2.05, 4.69) is 10.3 Å². The number of nitrogens with zero attached hydrogens (tertiary/aromatic N) is 4. The van der Waals surface area contributed by atoms with E-state index in [4.69, 9.17) is 4.74 Å². The van der Waals surface area contributed by atoms with Crippen LogP contribution >= 0.6 is 0 Å². The van der Waals surface area contributed by atoms with Crippen molar-refractivity contribution >= 4 is 17.0 Å². The van der Waals surface area contributed by atoms with Gasteiger partial charge in [-0.05, 0) is 29.8 Å². The summed E-state index contributed by atoms with van der Waals surface area (Å²) >= 11 is 0. The van der Waals surface area contributed by atoms with Gasteiger partial charge in [-0.15, -0.1) is 5.10 Å². The lowest BCUT2D eigenvalue weighted by Gasteiger charge is -2.19. The van der Waals surface area contributed by atoms with Crippen LogP contribution in [0.1, 0.15) is 11.6 Å². The Balaban J connectivity index is 1.78. The SMILES string of the molecule is COC(=O)[C@H](Cc1ccccc1)n1cccc1-n1nnc2ccccc21. The monoisotopic (exact) mass is 346 g/mol. The average Bonchev–Trinajstić information content (AvgIpc) is 3.33. The Kier molecular flexibility index (Phi) is 4.23. The maximum Gasteiger partial charge on any atom is 0.329 e. The van der Waals surface area contributed by atoms with E-state index in [0.29, 0.717) is 6.42 Å². The van der Waals surface area contributed by atoms with Gasteiger partial charge in [0.25, 0.3) is 0 Å². The van der Waals surface area contributed by atoms with Crippen molar-refractivity contribution < 1.29 is 9.53 Å². The van der Waals surface area contributed by atoms with Crippen LogP contribution in [-0.2, 0) is 16.0 Å². The smallest absolute Gasteiger partial charge is 0.329 e. The van der Waals surface area contributed by atoms with Crippen LogP contribution in [-0.4, -0.2) is 32.6 Å². The topological polar surface area (TPSA) is 61.9 Å². The van der Waals surface area contributed by atoms with Crippen LogP contribution in [0.4, 0.5) is 0 Å². The first-order valence-electron chi connectivity index (χ1n) is 8.37. The number of carbonyl (C=O) groups excluding carboxylic acids is 1.